The van der Waals surface area contributed by atoms with Crippen LogP contribution in [0.15, 0.2) is 84.6 Å². The number of unbranched alkanes of at least 4 members (excludes halogenated alkanes) is 2. The second kappa shape index (κ2) is 15.4. The smallest absolute Gasteiger partial charge is 0.264 e. The summed E-state index contributed by atoms with van der Waals surface area (Å²) in [5.74, 6) is -0.596. The van der Waals surface area contributed by atoms with E-state index in [9.17, 15) is 21.4 Å². The predicted octanol–water partition coefficient (Wildman–Crippen LogP) is 7.62. The van der Waals surface area contributed by atoms with Crippen LogP contribution in [0.25, 0.3) is 0 Å². The largest absolute Gasteiger partial charge is 0.748 e. The van der Waals surface area contributed by atoms with Crippen molar-refractivity contribution in [1.29, 1.82) is 0 Å². The van der Waals surface area contributed by atoms with Crippen LogP contribution in [0, 0.1) is 7.14 Å². The SMILES string of the molecule is CC1(C)C(/C=C/C=C/C=C/C=C2/N(CCCCS(=O)(=O)[O-])c3ccc(I)cc3C2(C)C)=[N+](CCCCS(=O)(=O)O)c2ccc(I)cc21. The molecule has 2 aromatic carbocycles. The van der Waals surface area contributed by atoms with Gasteiger partial charge in [-0.05, 0) is 120 Å². The molecule has 4 rings (SSSR count). The van der Waals surface area contributed by atoms with Crippen molar-refractivity contribution in [3.05, 3.63) is 103 Å². The average Bonchev–Trinajstić information content (AvgIpc) is 3.29. The van der Waals surface area contributed by atoms with E-state index >= 15 is 0 Å². The van der Waals surface area contributed by atoms with Gasteiger partial charge in [0, 0.05) is 60.4 Å². The van der Waals surface area contributed by atoms with Gasteiger partial charge < -0.3 is 9.45 Å². The molecule has 0 atom stereocenters. The van der Waals surface area contributed by atoms with E-state index in [4.69, 9.17) is 4.55 Å². The van der Waals surface area contributed by atoms with Gasteiger partial charge in [-0.15, -0.1) is 0 Å². The van der Waals surface area contributed by atoms with Crippen LogP contribution in [0.2, 0.25) is 0 Å². The van der Waals surface area contributed by atoms with E-state index in [0.717, 1.165) is 29.9 Å². The summed E-state index contributed by atoms with van der Waals surface area (Å²) in [7, 11) is -8.21. The monoisotopic (exact) mass is 904 g/mol. The van der Waals surface area contributed by atoms with Crippen molar-refractivity contribution in [2.45, 2.75) is 64.2 Å². The van der Waals surface area contributed by atoms with Gasteiger partial charge >= 0.3 is 0 Å². The van der Waals surface area contributed by atoms with E-state index in [0.29, 0.717) is 38.8 Å². The summed E-state index contributed by atoms with van der Waals surface area (Å²) in [6, 6.07) is 12.8. The van der Waals surface area contributed by atoms with E-state index in [1.165, 1.54) is 11.1 Å². The summed E-state index contributed by atoms with van der Waals surface area (Å²) in [5, 5.41) is 0. The Balaban J connectivity index is 1.52. The van der Waals surface area contributed by atoms with Gasteiger partial charge in [0.2, 0.25) is 5.69 Å². The van der Waals surface area contributed by atoms with Gasteiger partial charge in [-0.1, -0.05) is 44.2 Å². The van der Waals surface area contributed by atoms with E-state index < -0.39 is 20.2 Å². The highest BCUT2D eigenvalue weighted by Gasteiger charge is 2.44. The highest BCUT2D eigenvalue weighted by Crippen LogP contribution is 2.48. The van der Waals surface area contributed by atoms with Crippen molar-refractivity contribution in [1.82, 2.24) is 0 Å². The van der Waals surface area contributed by atoms with Crippen molar-refractivity contribution in [2.75, 3.05) is 29.5 Å². The average molecular weight is 905 g/mol. The van der Waals surface area contributed by atoms with Gasteiger partial charge in [-0.3, -0.25) is 4.55 Å². The molecule has 0 saturated carbocycles. The van der Waals surface area contributed by atoms with Crippen molar-refractivity contribution in [3.8, 4) is 0 Å². The second-order valence-electron chi connectivity index (χ2n) is 12.9. The molecule has 8 nitrogen and oxygen atoms in total. The van der Waals surface area contributed by atoms with Crippen LogP contribution in [0.3, 0.4) is 0 Å². The molecule has 2 aliphatic rings. The topological polar surface area (TPSA) is 118 Å². The lowest BCUT2D eigenvalue weighted by atomic mass is 9.81. The van der Waals surface area contributed by atoms with Crippen LogP contribution >= 0.6 is 45.2 Å². The van der Waals surface area contributed by atoms with Crippen LogP contribution in [-0.2, 0) is 31.1 Å². The zero-order valence-corrected chi connectivity index (χ0v) is 33.1. The molecule has 254 valence electrons. The molecule has 12 heteroatoms. The molecule has 0 spiro atoms. The molecule has 0 bridgehead atoms. The molecule has 2 heterocycles. The molecule has 0 radical (unpaired) electrons. The minimum absolute atomic E-state index is 0.244. The summed E-state index contributed by atoms with van der Waals surface area (Å²) in [4.78, 5) is 2.24. The van der Waals surface area contributed by atoms with Gasteiger partial charge in [0.1, 0.15) is 6.54 Å². The summed E-state index contributed by atoms with van der Waals surface area (Å²) in [5.41, 5.74) is 6.40. The Morgan fingerprint density at radius 1 is 0.809 bits per heavy atom. The zero-order chi connectivity index (χ0) is 34.6. The van der Waals surface area contributed by atoms with Crippen LogP contribution in [0.5, 0.6) is 0 Å². The number of hydrogen-bond acceptors (Lipinski definition) is 6. The fraction of sp³-hybridized carbons (Fsp3) is 0.400. The van der Waals surface area contributed by atoms with Crippen LogP contribution in [0.1, 0.15) is 64.5 Å². The second-order valence-corrected chi connectivity index (χ2v) is 18.5. The molecule has 2 aliphatic heterocycles. The highest BCUT2D eigenvalue weighted by molar-refractivity contribution is 14.1. The summed E-state index contributed by atoms with van der Waals surface area (Å²) < 4.78 is 69.5. The first kappa shape index (κ1) is 38.0. The lowest BCUT2D eigenvalue weighted by Gasteiger charge is -2.27. The molecule has 0 aliphatic carbocycles. The van der Waals surface area contributed by atoms with Crippen LogP contribution in [-0.4, -0.2) is 60.8 Å². The van der Waals surface area contributed by atoms with Crippen LogP contribution < -0.4 is 4.90 Å². The third-order valence-electron chi connectivity index (χ3n) is 8.72. The van der Waals surface area contributed by atoms with Crippen molar-refractivity contribution >= 4 is 82.5 Å². The number of fused-ring (bicyclic) bond motifs is 2. The minimum atomic E-state index is -4.23. The molecule has 2 aromatic rings. The Bertz CT molecular complexity index is 1870. The highest BCUT2D eigenvalue weighted by atomic mass is 127. The summed E-state index contributed by atoms with van der Waals surface area (Å²) in [6.07, 6.45) is 16.1. The Labute approximate surface area is 307 Å². The standard InChI is InChI=1S/C35H42I2N2O6S2/c1-34(2)28-24-26(36)16-18-30(28)38(20-10-12-22-46(40,41)42)32(34)14-8-6-5-7-9-15-33-35(3,4)29-25-27(37)17-19-31(29)39(33)21-11-13-23-47(43,44)45/h5-9,14-19,24-25H,10-13,20-23H2,1-4H3,(H-,40,41,42,43,44,45). The number of benzene rings is 2. The molecular formula is C35H42I2N2O6S2. The fourth-order valence-corrected chi connectivity index (χ4v) is 8.48. The first-order valence-corrected chi connectivity index (χ1v) is 20.9. The zero-order valence-electron chi connectivity index (χ0n) is 27.1. The van der Waals surface area contributed by atoms with E-state index in [1.54, 1.807) is 0 Å². The Hall–Kier alpha value is -1.85. The molecule has 47 heavy (non-hydrogen) atoms. The quantitative estimate of drug-likeness (QED) is 0.0682. The normalized spacial score (nSPS) is 18.4. The molecule has 0 aromatic heterocycles. The van der Waals surface area contributed by atoms with Crippen molar-refractivity contribution in [3.63, 3.8) is 0 Å². The van der Waals surface area contributed by atoms with Crippen molar-refractivity contribution in [2.24, 2.45) is 0 Å². The third-order valence-corrected chi connectivity index (χ3v) is 11.7. The molecule has 1 N–H and O–H groups in total. The van der Waals surface area contributed by atoms with Gasteiger partial charge in [0.15, 0.2) is 5.71 Å². The van der Waals surface area contributed by atoms with Gasteiger partial charge in [-0.2, -0.15) is 13.0 Å². The maximum Gasteiger partial charge on any atom is 0.264 e. The lowest BCUT2D eigenvalue weighted by molar-refractivity contribution is -0.438. The minimum Gasteiger partial charge on any atom is -0.748 e. The van der Waals surface area contributed by atoms with Gasteiger partial charge in [0.05, 0.1) is 21.3 Å². The number of hydrogen-bond donors (Lipinski definition) is 1. The van der Waals surface area contributed by atoms with E-state index in [2.05, 4.69) is 131 Å². The Morgan fingerprint density at radius 2 is 1.43 bits per heavy atom. The van der Waals surface area contributed by atoms with E-state index in [-0.39, 0.29) is 22.3 Å². The first-order chi connectivity index (χ1) is 21.9. The van der Waals surface area contributed by atoms with E-state index in [1.807, 2.05) is 30.4 Å². The first-order valence-electron chi connectivity index (χ1n) is 15.6. The molecule has 0 amide bonds. The number of halogens is 2. The number of nitrogens with zero attached hydrogens (tertiary/aromatic N) is 2. The maximum atomic E-state index is 11.2. The van der Waals surface area contributed by atoms with Gasteiger partial charge in [0.25, 0.3) is 10.1 Å². The maximum absolute atomic E-state index is 11.2. The predicted molar refractivity (Wildman–Crippen MR) is 206 cm³/mol. The van der Waals surface area contributed by atoms with Crippen molar-refractivity contribution < 1.29 is 30.5 Å². The van der Waals surface area contributed by atoms with Crippen LogP contribution in [0.4, 0.5) is 11.4 Å². The van der Waals surface area contributed by atoms with Gasteiger partial charge in [-0.25, -0.2) is 8.42 Å². The molecular weight excluding hydrogens is 862 g/mol. The number of rotatable bonds is 14. The third kappa shape index (κ3) is 9.65. The fourth-order valence-electron chi connectivity index (χ4n) is 6.37. The number of allylic oxidation sites excluding steroid dienone is 8. The molecule has 0 unspecified atom stereocenters. The Morgan fingerprint density at radius 3 is 2.11 bits per heavy atom. The molecule has 0 saturated heterocycles. The number of anilines is 1. The summed E-state index contributed by atoms with van der Waals surface area (Å²) in [6.45, 7) is 10.0. The molecule has 0 fully saturated rings. The summed E-state index contributed by atoms with van der Waals surface area (Å²) >= 11 is 4.64. The lowest BCUT2D eigenvalue weighted by Crippen LogP contribution is -2.28. The Kier molecular flexibility index (Phi) is 12.4.